The number of hydrogen-bond acceptors (Lipinski definition) is 16. The Labute approximate surface area is 585 Å². The summed E-state index contributed by atoms with van der Waals surface area (Å²) >= 11 is 0. The van der Waals surface area contributed by atoms with Crippen LogP contribution >= 0.6 is 0 Å². The van der Waals surface area contributed by atoms with Crippen molar-refractivity contribution in [2.75, 3.05) is 27.2 Å². The van der Waals surface area contributed by atoms with Crippen LogP contribution in [-0.4, -0.2) is 52.3 Å². The first-order valence-corrected chi connectivity index (χ1v) is 35.8. The normalized spacial score (nSPS) is 16.4. The van der Waals surface area contributed by atoms with Crippen molar-refractivity contribution < 1.29 is 76.0 Å². The van der Waals surface area contributed by atoms with Crippen LogP contribution in [0.2, 0.25) is 0 Å². The summed E-state index contributed by atoms with van der Waals surface area (Å²) in [6.07, 6.45) is 16.7. The van der Waals surface area contributed by atoms with E-state index in [2.05, 4.69) is 52.0 Å². The van der Waals surface area contributed by atoms with Crippen LogP contribution < -0.4 is 56.8 Å². The number of ether oxygens (including phenoxy) is 12. The zero-order valence-electron chi connectivity index (χ0n) is 57.7. The van der Waals surface area contributed by atoms with Gasteiger partial charge in [-0.3, -0.25) is 19.2 Å². The van der Waals surface area contributed by atoms with E-state index in [1.54, 1.807) is 48.5 Å². The Kier molecular flexibility index (Phi) is 22.2. The lowest BCUT2D eigenvalue weighted by atomic mass is 9.74. The fourth-order valence-electron chi connectivity index (χ4n) is 15.3. The van der Waals surface area contributed by atoms with E-state index in [9.17, 15) is 19.2 Å². The average Bonchev–Trinajstić information content (AvgIpc) is 0.724. The molecule has 16 nitrogen and oxygen atoms in total. The number of para-hydroxylation sites is 4. The molecule has 8 aromatic rings. The number of unbranched alkanes of at least 4 members (excludes halogenated alkanes) is 8. The van der Waals surface area contributed by atoms with Crippen molar-refractivity contribution in [2.45, 2.75) is 181 Å². The molecule has 0 unspecified atom stereocenters. The van der Waals surface area contributed by atoms with Crippen LogP contribution in [0.15, 0.2) is 121 Å². The molecule has 5 aliphatic rings. The van der Waals surface area contributed by atoms with Crippen LogP contribution in [0.3, 0.4) is 0 Å². The van der Waals surface area contributed by atoms with Crippen LogP contribution in [0.4, 0.5) is 0 Å². The van der Waals surface area contributed by atoms with Gasteiger partial charge in [-0.15, -0.1) is 0 Å². The number of hydrogen-bond donors (Lipinski definition) is 0. The van der Waals surface area contributed by atoms with Gasteiger partial charge in [0, 0.05) is 68.2 Å². The van der Waals surface area contributed by atoms with Crippen LogP contribution in [0.1, 0.15) is 262 Å². The first kappa shape index (κ1) is 68.6. The van der Waals surface area contributed by atoms with Gasteiger partial charge in [0.2, 0.25) is 27.2 Å². The van der Waals surface area contributed by atoms with Crippen LogP contribution in [0.5, 0.6) is 69.0 Å². The monoisotopic (exact) mass is 1350 g/mol. The second-order valence-corrected chi connectivity index (χ2v) is 26.4. The van der Waals surface area contributed by atoms with E-state index < -0.39 is 23.7 Å². The number of rotatable bonds is 32. The molecule has 0 aromatic heterocycles. The van der Waals surface area contributed by atoms with Crippen molar-refractivity contribution in [1.29, 1.82) is 0 Å². The van der Waals surface area contributed by atoms with Crippen molar-refractivity contribution >= 4 is 25.1 Å². The fraction of sp³-hybridized carbons (Fsp3) is 0.381. The number of aldehydes is 4. The summed E-state index contributed by atoms with van der Waals surface area (Å²) < 4.78 is 85.1. The highest BCUT2D eigenvalue weighted by molar-refractivity contribution is 5.81. The molecule has 0 spiro atoms. The molecular weight excluding hydrogens is 1260 g/mol. The highest BCUT2D eigenvalue weighted by Gasteiger charge is 2.42. The van der Waals surface area contributed by atoms with E-state index in [1.807, 2.05) is 48.5 Å². The van der Waals surface area contributed by atoms with E-state index in [0.717, 1.165) is 147 Å². The van der Waals surface area contributed by atoms with Gasteiger partial charge < -0.3 is 56.8 Å². The van der Waals surface area contributed by atoms with Gasteiger partial charge in [0.25, 0.3) is 0 Å². The maximum Gasteiger partial charge on any atom is 0.230 e. The van der Waals surface area contributed by atoms with Gasteiger partial charge in [-0.2, -0.15) is 0 Å². The Bertz CT molecular complexity index is 3610. The second kappa shape index (κ2) is 32.4. The summed E-state index contributed by atoms with van der Waals surface area (Å²) in [7, 11) is 0. The third-order valence-electron chi connectivity index (χ3n) is 20.2. The molecule has 8 aromatic carbocycles. The molecule has 16 heteroatoms. The van der Waals surface area contributed by atoms with Crippen molar-refractivity contribution in [3.8, 4) is 69.0 Å². The van der Waals surface area contributed by atoms with Gasteiger partial charge in [-0.25, -0.2) is 0 Å². The first-order valence-electron chi connectivity index (χ1n) is 35.8. The molecule has 0 saturated carbocycles. The molecule has 8 bridgehead atoms. The van der Waals surface area contributed by atoms with Crippen molar-refractivity contribution in [3.63, 3.8) is 0 Å². The largest absolute Gasteiger partial charge is 0.488 e. The van der Waals surface area contributed by atoms with E-state index >= 15 is 0 Å². The fourth-order valence-corrected chi connectivity index (χ4v) is 15.3. The van der Waals surface area contributed by atoms with Crippen molar-refractivity contribution in [3.05, 3.63) is 210 Å². The minimum atomic E-state index is -0.424. The number of carbonyl (C=O) groups is 4. The lowest BCUT2D eigenvalue weighted by Gasteiger charge is -2.37. The summed E-state index contributed by atoms with van der Waals surface area (Å²) in [5, 5.41) is 0. The Balaban J connectivity index is 1.19. The lowest BCUT2D eigenvalue weighted by Crippen LogP contribution is -2.26. The van der Waals surface area contributed by atoms with Gasteiger partial charge in [0.1, 0.15) is 95.4 Å². The van der Waals surface area contributed by atoms with Gasteiger partial charge in [0.05, 0.1) is 44.5 Å². The summed E-state index contributed by atoms with van der Waals surface area (Å²) in [5.74, 6) is 4.16. The predicted molar refractivity (Wildman–Crippen MR) is 379 cm³/mol. The van der Waals surface area contributed by atoms with Gasteiger partial charge in [-0.05, 0) is 98.5 Å². The molecule has 0 fully saturated rings. The molecule has 0 N–H and O–H groups in total. The Morgan fingerprint density at radius 2 is 0.480 bits per heavy atom. The van der Waals surface area contributed by atoms with E-state index in [0.29, 0.717) is 139 Å². The smallest absolute Gasteiger partial charge is 0.230 e. The Morgan fingerprint density at radius 1 is 0.290 bits per heavy atom. The van der Waals surface area contributed by atoms with Crippen molar-refractivity contribution in [2.24, 2.45) is 0 Å². The van der Waals surface area contributed by atoms with Crippen LogP contribution in [0.25, 0.3) is 0 Å². The van der Waals surface area contributed by atoms with Gasteiger partial charge in [0.15, 0.2) is 25.1 Å². The average molecular weight is 1350 g/mol. The molecule has 100 heavy (non-hydrogen) atoms. The maximum atomic E-state index is 12.8. The lowest BCUT2D eigenvalue weighted by molar-refractivity contribution is 0.0894. The standard InChI is InChI=1S/C84H88O16/c1-5-9-13-29-57-61-37-63-58(30-14-10-6-2)65-39-67-60(32-16-12-8-4)68-40-66-59(31-15-11-7-3)64-38-62(57)78-70(46-90-74-34-22-18-26-54(74)42-86)80(64)96-51-98-82(66)72(48-92-76-36-24-20-28-56(76)44-88)84(68)100-52-99-83(67)71(47-91-75-35-23-19-27-55(75)43-87)81(65)97-50-95-79(63)69(77(61)93-49-94-78)45-89-73-33-21-17-25-53(73)41-85/h17-28,33-44,57-60H,5-16,29-32,45-52H2,1-4H3. The van der Waals surface area contributed by atoms with E-state index in [-0.39, 0.29) is 53.6 Å². The minimum absolute atomic E-state index is 0.0636. The first-order chi connectivity index (χ1) is 49.3. The maximum absolute atomic E-state index is 12.8. The topological polar surface area (TPSA) is 179 Å². The summed E-state index contributed by atoms with van der Waals surface area (Å²) in [4.78, 5) is 51.2. The zero-order chi connectivity index (χ0) is 68.9. The molecule has 0 radical (unpaired) electrons. The molecule has 520 valence electrons. The van der Waals surface area contributed by atoms with E-state index in [1.165, 1.54) is 0 Å². The summed E-state index contributed by atoms with van der Waals surface area (Å²) in [5.41, 5.74) is 11.3. The second-order valence-electron chi connectivity index (χ2n) is 26.4. The van der Waals surface area contributed by atoms with Crippen molar-refractivity contribution in [1.82, 2.24) is 0 Å². The zero-order valence-corrected chi connectivity index (χ0v) is 57.7. The quantitative estimate of drug-likeness (QED) is 0.0287. The predicted octanol–water partition coefficient (Wildman–Crippen LogP) is 19.3. The molecular formula is C84H88O16. The molecule has 0 atom stereocenters. The molecule has 4 aliphatic heterocycles. The molecule has 13 rings (SSSR count). The summed E-state index contributed by atoms with van der Waals surface area (Å²) in [6.45, 7) is 7.52. The Morgan fingerprint density at radius 3 is 0.660 bits per heavy atom. The van der Waals surface area contributed by atoms with E-state index in [4.69, 9.17) is 56.8 Å². The minimum Gasteiger partial charge on any atom is -0.488 e. The highest BCUT2D eigenvalue weighted by Crippen LogP contribution is 2.59. The molecule has 1 aliphatic carbocycles. The van der Waals surface area contributed by atoms with Crippen LogP contribution in [-0.2, 0) is 26.4 Å². The third kappa shape index (κ3) is 14.0. The third-order valence-corrected chi connectivity index (χ3v) is 20.2. The summed E-state index contributed by atoms with van der Waals surface area (Å²) in [6, 6.07) is 38.1. The number of benzene rings is 8. The SMILES string of the molecule is CCCCCC1c2cc3c4c(COc5ccccc5C=O)c2OCOc2c1cc1c(c2COc2ccccc2C=O)OCOc2c(cc5c(c2COc2ccccc2C=O)OCOc2c(cc(c(c2COc2ccccc2C=O)OCO4)C3CCCCC)C5CCCCC)C1CCCCC. The van der Waals surface area contributed by atoms with Gasteiger partial charge in [-0.1, -0.05) is 153 Å². The van der Waals surface area contributed by atoms with Gasteiger partial charge >= 0.3 is 0 Å². The van der Waals surface area contributed by atoms with Crippen LogP contribution in [0, 0.1) is 0 Å². The highest BCUT2D eigenvalue weighted by atomic mass is 16.7. The molecule has 0 amide bonds. The molecule has 0 saturated heterocycles. The number of carbonyl (C=O) groups excluding carboxylic acids is 4. The Hall–Kier alpha value is -9.96. The molecule has 4 heterocycles.